The number of ether oxygens (including phenoxy) is 2. The highest BCUT2D eigenvalue weighted by molar-refractivity contribution is 9.10. The molecule has 0 aliphatic carbocycles. The highest BCUT2D eigenvalue weighted by Crippen LogP contribution is 2.32. The molecule has 1 aromatic rings. The van der Waals surface area contributed by atoms with Gasteiger partial charge < -0.3 is 14.6 Å². The summed E-state index contributed by atoms with van der Waals surface area (Å²) in [6.45, 7) is 2.24. The zero-order valence-corrected chi connectivity index (χ0v) is 12.0. The minimum absolute atomic E-state index is 0.107. The van der Waals surface area contributed by atoms with Gasteiger partial charge >= 0.3 is 0 Å². The molecule has 2 rings (SSSR count). The Morgan fingerprint density at radius 2 is 2.33 bits per heavy atom. The molecule has 0 bridgehead atoms. The Kier molecular flexibility index (Phi) is 5.03. The lowest BCUT2D eigenvalue weighted by molar-refractivity contribution is -0.0481. The lowest BCUT2D eigenvalue weighted by Gasteiger charge is -2.35. The Balaban J connectivity index is 1.83. The Labute approximate surface area is 116 Å². The summed E-state index contributed by atoms with van der Waals surface area (Å²) in [5, 5.41) is 9.54. The van der Waals surface area contributed by atoms with Gasteiger partial charge in [0, 0.05) is 16.5 Å². The molecule has 1 heterocycles. The van der Waals surface area contributed by atoms with Crippen LogP contribution >= 0.6 is 15.9 Å². The van der Waals surface area contributed by atoms with Crippen LogP contribution in [0, 0.1) is 5.41 Å². The molecule has 100 valence electrons. The van der Waals surface area contributed by atoms with Crippen molar-refractivity contribution in [2.24, 2.45) is 5.41 Å². The summed E-state index contributed by atoms with van der Waals surface area (Å²) in [4.78, 5) is 0. The van der Waals surface area contributed by atoms with E-state index in [0.29, 0.717) is 13.2 Å². The van der Waals surface area contributed by atoms with Gasteiger partial charge in [0.15, 0.2) is 0 Å². The molecule has 0 amide bonds. The maximum Gasteiger partial charge on any atom is 0.120 e. The van der Waals surface area contributed by atoms with E-state index < -0.39 is 0 Å². The third-order valence-electron chi connectivity index (χ3n) is 3.44. The monoisotopic (exact) mass is 314 g/mol. The molecule has 0 saturated carbocycles. The van der Waals surface area contributed by atoms with Gasteiger partial charge in [-0.05, 0) is 37.5 Å². The van der Waals surface area contributed by atoms with Gasteiger partial charge in [-0.1, -0.05) is 22.0 Å². The lowest BCUT2D eigenvalue weighted by Crippen LogP contribution is -2.36. The highest BCUT2D eigenvalue weighted by Gasteiger charge is 2.32. The topological polar surface area (TPSA) is 38.7 Å². The molecule has 1 aliphatic heterocycles. The van der Waals surface area contributed by atoms with E-state index >= 15 is 0 Å². The second-order valence-corrected chi connectivity index (χ2v) is 5.79. The Bertz CT molecular complexity index is 375. The minimum atomic E-state index is -0.107. The summed E-state index contributed by atoms with van der Waals surface area (Å²) >= 11 is 3.41. The summed E-state index contributed by atoms with van der Waals surface area (Å²) in [5.74, 6) is 0.856. The molecule has 0 spiro atoms. The average molecular weight is 315 g/mol. The average Bonchev–Trinajstić information content (AvgIpc) is 2.40. The van der Waals surface area contributed by atoms with Crippen LogP contribution in [0.3, 0.4) is 0 Å². The van der Waals surface area contributed by atoms with E-state index in [1.807, 2.05) is 24.3 Å². The molecule has 1 aliphatic rings. The van der Waals surface area contributed by atoms with E-state index in [1.165, 1.54) is 0 Å². The van der Waals surface area contributed by atoms with Gasteiger partial charge in [-0.2, -0.15) is 0 Å². The van der Waals surface area contributed by atoms with Gasteiger partial charge in [-0.3, -0.25) is 0 Å². The van der Waals surface area contributed by atoms with Crippen molar-refractivity contribution in [3.63, 3.8) is 0 Å². The predicted octanol–water partition coefficient (Wildman–Crippen LogP) is 3.01. The number of aliphatic hydroxyl groups excluding tert-OH is 1. The van der Waals surface area contributed by atoms with Crippen molar-refractivity contribution in [1.82, 2.24) is 0 Å². The van der Waals surface area contributed by atoms with Crippen molar-refractivity contribution in [2.45, 2.75) is 19.3 Å². The standard InChI is InChI=1S/C14H19BrO3/c15-12-3-1-4-13(9-12)18-8-6-14(10-16)5-2-7-17-11-14/h1,3-4,9,16H,2,5-8,10-11H2. The molecule has 1 N–H and O–H groups in total. The zero-order chi connectivity index (χ0) is 12.8. The van der Waals surface area contributed by atoms with Crippen LogP contribution in [0.15, 0.2) is 28.7 Å². The highest BCUT2D eigenvalue weighted by atomic mass is 79.9. The molecule has 1 unspecified atom stereocenters. The fourth-order valence-corrected chi connectivity index (χ4v) is 2.63. The Morgan fingerprint density at radius 3 is 3.00 bits per heavy atom. The van der Waals surface area contributed by atoms with E-state index in [1.54, 1.807) is 0 Å². The maximum absolute atomic E-state index is 9.54. The van der Waals surface area contributed by atoms with Crippen molar-refractivity contribution < 1.29 is 14.6 Å². The van der Waals surface area contributed by atoms with Gasteiger partial charge in [-0.25, -0.2) is 0 Å². The second kappa shape index (κ2) is 6.55. The number of halogens is 1. The Hall–Kier alpha value is -0.580. The fraction of sp³-hybridized carbons (Fsp3) is 0.571. The van der Waals surface area contributed by atoms with Crippen LogP contribution in [-0.2, 0) is 4.74 Å². The molecular formula is C14H19BrO3. The van der Waals surface area contributed by atoms with Gasteiger partial charge in [0.1, 0.15) is 5.75 Å². The fourth-order valence-electron chi connectivity index (χ4n) is 2.25. The molecular weight excluding hydrogens is 296 g/mol. The van der Waals surface area contributed by atoms with E-state index in [4.69, 9.17) is 9.47 Å². The van der Waals surface area contributed by atoms with Crippen LogP contribution in [0.1, 0.15) is 19.3 Å². The summed E-state index contributed by atoms with van der Waals surface area (Å²) in [7, 11) is 0. The van der Waals surface area contributed by atoms with Crippen LogP contribution in [0.4, 0.5) is 0 Å². The van der Waals surface area contributed by atoms with E-state index in [-0.39, 0.29) is 12.0 Å². The molecule has 0 radical (unpaired) electrons. The summed E-state index contributed by atoms with van der Waals surface area (Å²) < 4.78 is 12.2. The largest absolute Gasteiger partial charge is 0.494 e. The van der Waals surface area contributed by atoms with Crippen molar-refractivity contribution in [3.05, 3.63) is 28.7 Å². The van der Waals surface area contributed by atoms with Crippen molar-refractivity contribution in [3.8, 4) is 5.75 Å². The normalized spacial score (nSPS) is 23.9. The zero-order valence-electron chi connectivity index (χ0n) is 10.4. The molecule has 1 aromatic carbocycles. The summed E-state index contributed by atoms with van der Waals surface area (Å²) in [5.41, 5.74) is -0.107. The molecule has 1 fully saturated rings. The molecule has 0 aromatic heterocycles. The molecule has 1 saturated heterocycles. The van der Waals surface area contributed by atoms with Crippen molar-refractivity contribution >= 4 is 15.9 Å². The van der Waals surface area contributed by atoms with Crippen LogP contribution in [0.5, 0.6) is 5.75 Å². The molecule has 18 heavy (non-hydrogen) atoms. The first-order chi connectivity index (χ1) is 8.74. The molecule has 4 heteroatoms. The number of rotatable bonds is 5. The maximum atomic E-state index is 9.54. The number of hydrogen-bond donors (Lipinski definition) is 1. The number of aliphatic hydroxyl groups is 1. The first-order valence-corrected chi connectivity index (χ1v) is 7.10. The van der Waals surface area contributed by atoms with Gasteiger partial charge in [0.25, 0.3) is 0 Å². The molecule has 1 atom stereocenters. The predicted molar refractivity (Wildman–Crippen MR) is 73.8 cm³/mol. The van der Waals surface area contributed by atoms with Gasteiger partial charge in [0.2, 0.25) is 0 Å². The van der Waals surface area contributed by atoms with Crippen LogP contribution in [0.25, 0.3) is 0 Å². The third kappa shape index (κ3) is 3.70. The van der Waals surface area contributed by atoms with Crippen molar-refractivity contribution in [1.29, 1.82) is 0 Å². The summed E-state index contributed by atoms with van der Waals surface area (Å²) in [6, 6.07) is 7.80. The van der Waals surface area contributed by atoms with Crippen LogP contribution in [-0.4, -0.2) is 31.5 Å². The van der Waals surface area contributed by atoms with E-state index in [2.05, 4.69) is 15.9 Å². The second-order valence-electron chi connectivity index (χ2n) is 4.87. The van der Waals surface area contributed by atoms with E-state index in [0.717, 1.165) is 36.1 Å². The lowest BCUT2D eigenvalue weighted by atomic mass is 9.80. The number of hydrogen-bond acceptors (Lipinski definition) is 3. The molecule has 3 nitrogen and oxygen atoms in total. The minimum Gasteiger partial charge on any atom is -0.494 e. The number of benzene rings is 1. The Morgan fingerprint density at radius 1 is 1.44 bits per heavy atom. The quantitative estimate of drug-likeness (QED) is 0.908. The van der Waals surface area contributed by atoms with E-state index in [9.17, 15) is 5.11 Å². The van der Waals surface area contributed by atoms with Crippen LogP contribution < -0.4 is 4.74 Å². The first kappa shape index (κ1) is 13.8. The SMILES string of the molecule is OCC1(CCOc2cccc(Br)c2)CCCOC1. The van der Waals surface area contributed by atoms with Crippen LogP contribution in [0.2, 0.25) is 0 Å². The van der Waals surface area contributed by atoms with Gasteiger partial charge in [-0.15, -0.1) is 0 Å². The smallest absolute Gasteiger partial charge is 0.120 e. The summed E-state index contributed by atoms with van der Waals surface area (Å²) in [6.07, 6.45) is 2.87. The van der Waals surface area contributed by atoms with Crippen molar-refractivity contribution in [2.75, 3.05) is 26.4 Å². The third-order valence-corrected chi connectivity index (χ3v) is 3.93. The first-order valence-electron chi connectivity index (χ1n) is 6.31. The van der Waals surface area contributed by atoms with Gasteiger partial charge in [0.05, 0.1) is 19.8 Å².